The number of fused-ring (bicyclic) bond motifs is 3. The number of aliphatic imine (C=N–C) groups is 1. The van der Waals surface area contributed by atoms with E-state index in [4.69, 9.17) is 14.2 Å². The third kappa shape index (κ3) is 4.21. The van der Waals surface area contributed by atoms with Crippen LogP contribution >= 0.6 is 0 Å². The average molecular weight is 534 g/mol. The summed E-state index contributed by atoms with van der Waals surface area (Å²) >= 11 is 0. The number of aryl methyl sites for hydroxylation is 2. The zero-order valence-corrected chi connectivity index (χ0v) is 22.5. The summed E-state index contributed by atoms with van der Waals surface area (Å²) < 4.78 is 39.0. The van der Waals surface area contributed by atoms with Crippen LogP contribution in [0.1, 0.15) is 48.5 Å². The quantitative estimate of drug-likeness (QED) is 0.479. The monoisotopic (exact) mass is 533 g/mol. The molecule has 1 unspecified atom stereocenters. The highest BCUT2D eigenvalue weighted by molar-refractivity contribution is 7.89. The van der Waals surface area contributed by atoms with Gasteiger partial charge in [-0.1, -0.05) is 35.5 Å². The lowest BCUT2D eigenvalue weighted by molar-refractivity contribution is 0.0573. The third-order valence-corrected chi connectivity index (χ3v) is 8.97. The Balaban J connectivity index is 1.55. The first-order valence-corrected chi connectivity index (χ1v) is 14.7. The standard InChI is InChI=1S/C28H31N5O4S/c1-4-38(34,35)32-28-25-23(16-30-28)33(27(19-8-6-5-7-9-19)20-10-12-36-13-11-20)22-14-21(15-29-26(22)25)24-17(2)31-37-18(24)3/h5-9,14-16,20,23,27,32H,4,10-13H2,1-3H3/t23?,27-/m1/s1. The Bertz CT molecular complexity index is 1500. The van der Waals surface area contributed by atoms with Crippen LogP contribution in [0.5, 0.6) is 0 Å². The van der Waals surface area contributed by atoms with Gasteiger partial charge in [0.1, 0.15) is 11.6 Å². The van der Waals surface area contributed by atoms with Gasteiger partial charge in [0, 0.05) is 36.8 Å². The van der Waals surface area contributed by atoms with E-state index in [1.807, 2.05) is 32.3 Å². The molecule has 198 valence electrons. The molecule has 5 heterocycles. The Kier molecular flexibility index (Phi) is 6.31. The van der Waals surface area contributed by atoms with E-state index >= 15 is 0 Å². The molecule has 3 aliphatic heterocycles. The van der Waals surface area contributed by atoms with E-state index in [1.54, 1.807) is 6.92 Å². The SMILES string of the molecule is CCS(=O)(=O)NC1=C2c3ncc(-c4c(C)noc4C)cc3N([C@H](c3ccccc3)C3CCOCC3)C2C=N1. The molecule has 0 amide bonds. The summed E-state index contributed by atoms with van der Waals surface area (Å²) in [4.78, 5) is 11.8. The van der Waals surface area contributed by atoms with E-state index in [1.165, 1.54) is 5.56 Å². The minimum absolute atomic E-state index is 0.0247. The Morgan fingerprint density at radius 3 is 2.61 bits per heavy atom. The number of rotatable bonds is 7. The van der Waals surface area contributed by atoms with Crippen molar-refractivity contribution in [3.05, 3.63) is 71.1 Å². The molecule has 0 spiro atoms. The molecule has 0 bridgehead atoms. The molecule has 2 aromatic heterocycles. The van der Waals surface area contributed by atoms with Crippen molar-refractivity contribution in [3.8, 4) is 11.1 Å². The second kappa shape index (κ2) is 9.67. The Labute approximate surface area is 222 Å². The van der Waals surface area contributed by atoms with Gasteiger partial charge in [-0.25, -0.2) is 13.4 Å². The zero-order valence-electron chi connectivity index (χ0n) is 21.7. The largest absolute Gasteiger partial charge is 0.381 e. The first-order chi connectivity index (χ1) is 18.4. The molecule has 10 heteroatoms. The van der Waals surface area contributed by atoms with Gasteiger partial charge < -0.3 is 14.2 Å². The summed E-state index contributed by atoms with van der Waals surface area (Å²) in [7, 11) is -3.51. The number of pyridine rings is 1. The molecule has 6 rings (SSSR count). The molecule has 2 atom stereocenters. The number of benzene rings is 1. The lowest BCUT2D eigenvalue weighted by atomic mass is 9.85. The highest BCUT2D eigenvalue weighted by Gasteiger charge is 2.46. The number of hydrogen-bond acceptors (Lipinski definition) is 8. The van der Waals surface area contributed by atoms with Gasteiger partial charge in [-0.3, -0.25) is 9.71 Å². The number of ether oxygens (including phenoxy) is 1. The molecular formula is C28H31N5O4S. The fourth-order valence-corrected chi connectivity index (χ4v) is 6.50. The summed E-state index contributed by atoms with van der Waals surface area (Å²) in [5.74, 6) is 1.38. The molecule has 1 saturated heterocycles. The van der Waals surface area contributed by atoms with Gasteiger partial charge in [0.25, 0.3) is 0 Å². The van der Waals surface area contributed by atoms with Crippen LogP contribution in [-0.4, -0.2) is 49.8 Å². The molecule has 0 radical (unpaired) electrons. The number of hydrogen-bond donors (Lipinski definition) is 1. The molecule has 0 saturated carbocycles. The first-order valence-electron chi connectivity index (χ1n) is 13.0. The van der Waals surface area contributed by atoms with Crippen LogP contribution in [0.2, 0.25) is 0 Å². The van der Waals surface area contributed by atoms with E-state index < -0.39 is 10.0 Å². The Hall–Kier alpha value is -3.50. The third-order valence-electron chi connectivity index (χ3n) is 7.70. The molecule has 1 N–H and O–H groups in total. The molecule has 1 fully saturated rings. The molecular weight excluding hydrogens is 502 g/mol. The van der Waals surface area contributed by atoms with E-state index in [-0.39, 0.29) is 17.8 Å². The highest BCUT2D eigenvalue weighted by Crippen LogP contribution is 2.50. The van der Waals surface area contributed by atoms with Crippen molar-refractivity contribution >= 4 is 27.5 Å². The molecule has 3 aromatic rings. The van der Waals surface area contributed by atoms with E-state index in [0.29, 0.717) is 11.7 Å². The van der Waals surface area contributed by atoms with Gasteiger partial charge in [0.2, 0.25) is 10.0 Å². The van der Waals surface area contributed by atoms with Crippen LogP contribution in [0.4, 0.5) is 5.69 Å². The fraction of sp³-hybridized carbons (Fsp3) is 0.393. The van der Waals surface area contributed by atoms with E-state index in [9.17, 15) is 8.42 Å². The van der Waals surface area contributed by atoms with Crippen LogP contribution < -0.4 is 9.62 Å². The molecule has 9 nitrogen and oxygen atoms in total. The molecule has 3 aliphatic rings. The maximum atomic E-state index is 12.5. The average Bonchev–Trinajstić information content (AvgIpc) is 3.58. The number of nitrogens with one attached hydrogen (secondary N) is 1. The number of anilines is 1. The second-order valence-corrected chi connectivity index (χ2v) is 12.0. The fourth-order valence-electron chi connectivity index (χ4n) is 5.90. The minimum Gasteiger partial charge on any atom is -0.381 e. The van der Waals surface area contributed by atoms with Gasteiger partial charge >= 0.3 is 0 Å². The minimum atomic E-state index is -3.51. The van der Waals surface area contributed by atoms with Crippen LogP contribution in [0.15, 0.2) is 57.9 Å². The summed E-state index contributed by atoms with van der Waals surface area (Å²) in [5, 5.41) is 4.14. The first kappa shape index (κ1) is 24.8. The van der Waals surface area contributed by atoms with Crippen LogP contribution in [-0.2, 0) is 14.8 Å². The van der Waals surface area contributed by atoms with Crippen molar-refractivity contribution in [1.82, 2.24) is 14.9 Å². The maximum absolute atomic E-state index is 12.5. The van der Waals surface area contributed by atoms with Crippen molar-refractivity contribution in [3.63, 3.8) is 0 Å². The molecule has 1 aromatic carbocycles. The Morgan fingerprint density at radius 2 is 1.92 bits per heavy atom. The summed E-state index contributed by atoms with van der Waals surface area (Å²) in [6.07, 6.45) is 5.52. The number of aromatic nitrogens is 2. The van der Waals surface area contributed by atoms with Crippen LogP contribution in [0.3, 0.4) is 0 Å². The maximum Gasteiger partial charge on any atom is 0.233 e. The second-order valence-electron chi connectivity index (χ2n) is 9.99. The zero-order chi connectivity index (χ0) is 26.4. The summed E-state index contributed by atoms with van der Waals surface area (Å²) in [5.41, 5.74) is 6.31. The lowest BCUT2D eigenvalue weighted by Gasteiger charge is -2.40. The number of nitrogens with zero attached hydrogens (tertiary/aromatic N) is 4. The Morgan fingerprint density at radius 1 is 1.16 bits per heavy atom. The van der Waals surface area contributed by atoms with Crippen molar-refractivity contribution in [2.75, 3.05) is 23.9 Å². The predicted octanol–water partition coefficient (Wildman–Crippen LogP) is 4.40. The molecule has 0 aliphatic carbocycles. The van der Waals surface area contributed by atoms with Gasteiger partial charge in [0.15, 0.2) is 0 Å². The topological polar surface area (TPSA) is 110 Å². The predicted molar refractivity (Wildman–Crippen MR) is 146 cm³/mol. The molecule has 38 heavy (non-hydrogen) atoms. The van der Waals surface area contributed by atoms with E-state index in [0.717, 1.165) is 65.6 Å². The summed E-state index contributed by atoms with van der Waals surface area (Å²) in [6.45, 7) is 6.87. The van der Waals surface area contributed by atoms with Crippen LogP contribution in [0.25, 0.3) is 16.7 Å². The lowest BCUT2D eigenvalue weighted by Crippen LogP contribution is -2.41. The van der Waals surface area contributed by atoms with Crippen molar-refractivity contribution in [2.45, 2.75) is 45.7 Å². The van der Waals surface area contributed by atoms with Gasteiger partial charge in [0.05, 0.1) is 40.5 Å². The summed E-state index contributed by atoms with van der Waals surface area (Å²) in [6, 6.07) is 12.4. The number of sulfonamides is 1. The smallest absolute Gasteiger partial charge is 0.233 e. The van der Waals surface area contributed by atoms with Crippen molar-refractivity contribution < 1.29 is 17.7 Å². The van der Waals surface area contributed by atoms with Crippen molar-refractivity contribution in [2.24, 2.45) is 10.9 Å². The van der Waals surface area contributed by atoms with E-state index in [2.05, 4.69) is 50.1 Å². The highest BCUT2D eigenvalue weighted by atomic mass is 32.2. The van der Waals surface area contributed by atoms with Gasteiger partial charge in [-0.2, -0.15) is 0 Å². The van der Waals surface area contributed by atoms with Crippen molar-refractivity contribution in [1.29, 1.82) is 0 Å². The van der Waals surface area contributed by atoms with Gasteiger partial charge in [-0.05, 0) is 51.2 Å². The van der Waals surface area contributed by atoms with Crippen LogP contribution in [0, 0.1) is 19.8 Å². The van der Waals surface area contributed by atoms with Gasteiger partial charge in [-0.15, -0.1) is 0 Å². The normalized spacial score (nSPS) is 20.1.